The molecule has 0 aliphatic rings. The second-order valence-electron chi connectivity index (χ2n) is 10.8. The first-order valence-corrected chi connectivity index (χ1v) is 17.0. The molecule has 0 saturated carbocycles. The van der Waals surface area contributed by atoms with Gasteiger partial charge in [0.25, 0.3) is 0 Å². The molecule has 45 heavy (non-hydrogen) atoms. The van der Waals surface area contributed by atoms with Crippen LogP contribution in [0.25, 0.3) is 21.8 Å². The third kappa shape index (κ3) is 6.09. The van der Waals surface area contributed by atoms with Gasteiger partial charge in [0, 0.05) is 64.4 Å². The average molecular weight is 620 g/mol. The number of hydrogen-bond donors (Lipinski definition) is 2. The minimum absolute atomic E-state index is 0.00545. The number of benzene rings is 5. The van der Waals surface area contributed by atoms with E-state index in [1.165, 1.54) is 0 Å². The molecule has 2 N–H and O–H groups in total. The average Bonchev–Trinajstić information content (AvgIpc) is 3.38. The third-order valence-electron chi connectivity index (χ3n) is 8.10. The molecule has 1 unspecified atom stereocenters. The molecule has 6 rings (SSSR count). The van der Waals surface area contributed by atoms with E-state index in [4.69, 9.17) is 9.05 Å². The van der Waals surface area contributed by atoms with Gasteiger partial charge in [-0.05, 0) is 75.4 Å². The van der Waals surface area contributed by atoms with Crippen LogP contribution in [0.2, 0.25) is 0 Å². The molecule has 0 amide bonds. The number of aromatic hydroxyl groups is 1. The fourth-order valence-electron chi connectivity index (χ4n) is 5.90. The summed E-state index contributed by atoms with van der Waals surface area (Å²) in [4.78, 5) is 2.14. The number of hydrogen-bond acceptors (Lipinski definition) is 6. The van der Waals surface area contributed by atoms with Crippen molar-refractivity contribution >= 4 is 40.8 Å². The molecule has 1 atom stereocenters. The molecule has 6 aromatic rings. The smallest absolute Gasteiger partial charge is 0.457 e. The molecule has 0 aliphatic carbocycles. The predicted molar refractivity (Wildman–Crippen MR) is 185 cm³/mol. The van der Waals surface area contributed by atoms with Crippen LogP contribution in [0.4, 0.5) is 11.4 Å². The van der Waals surface area contributed by atoms with Gasteiger partial charge in [0.2, 0.25) is 0 Å². The zero-order chi connectivity index (χ0) is 31.4. The topological polar surface area (TPSA) is 76.0 Å². The van der Waals surface area contributed by atoms with E-state index in [2.05, 4.69) is 59.8 Å². The lowest BCUT2D eigenvalue weighted by Gasteiger charge is -2.30. The zero-order valence-electron chi connectivity index (χ0n) is 25.8. The number of para-hydroxylation sites is 3. The Balaban J connectivity index is 1.51. The van der Waals surface area contributed by atoms with E-state index in [0.717, 1.165) is 47.1 Å². The lowest BCUT2D eigenvalue weighted by Crippen LogP contribution is -2.22. The lowest BCUT2D eigenvalue weighted by molar-refractivity contribution is 0.374. The van der Waals surface area contributed by atoms with Gasteiger partial charge in [-0.15, -0.1) is 0 Å². The number of phenols is 1. The van der Waals surface area contributed by atoms with Crippen molar-refractivity contribution in [1.29, 1.82) is 0 Å². The van der Waals surface area contributed by atoms with Crippen molar-refractivity contribution in [1.82, 2.24) is 4.57 Å². The van der Waals surface area contributed by atoms with Crippen molar-refractivity contribution in [3.8, 4) is 17.2 Å². The van der Waals surface area contributed by atoms with Crippen LogP contribution in [0.1, 0.15) is 32.1 Å². The summed E-state index contributed by atoms with van der Waals surface area (Å²) in [6.45, 7) is 8.68. The predicted octanol–water partition coefficient (Wildman–Crippen LogP) is 9.83. The van der Waals surface area contributed by atoms with Gasteiger partial charge in [-0.25, -0.2) is 4.57 Å². The summed E-state index contributed by atoms with van der Waals surface area (Å²) in [7, 11) is -4.14. The highest BCUT2D eigenvalue weighted by Crippen LogP contribution is 2.61. The van der Waals surface area contributed by atoms with Gasteiger partial charge >= 0.3 is 7.60 Å². The summed E-state index contributed by atoms with van der Waals surface area (Å²) in [5, 5.41) is 17.2. The van der Waals surface area contributed by atoms with Crippen LogP contribution in [0.5, 0.6) is 17.2 Å². The van der Waals surface area contributed by atoms with Crippen LogP contribution in [-0.4, -0.2) is 22.8 Å². The number of aryl methyl sites for hydroxylation is 1. The summed E-state index contributed by atoms with van der Waals surface area (Å²) < 4.78 is 30.1. The summed E-state index contributed by atoms with van der Waals surface area (Å²) in [6, 6.07) is 37.9. The first-order chi connectivity index (χ1) is 21.9. The molecule has 0 radical (unpaired) electrons. The number of anilines is 2. The van der Waals surface area contributed by atoms with Crippen LogP contribution >= 0.6 is 7.60 Å². The Labute approximate surface area is 264 Å². The van der Waals surface area contributed by atoms with E-state index in [9.17, 15) is 5.11 Å². The second-order valence-corrected chi connectivity index (χ2v) is 12.8. The molecular formula is C37H38N3O4P. The maximum absolute atomic E-state index is 15.2. The first-order valence-electron chi connectivity index (χ1n) is 15.4. The number of phenolic OH excluding ortho intramolecular Hbond substituents is 1. The van der Waals surface area contributed by atoms with Crippen molar-refractivity contribution < 1.29 is 18.7 Å². The largest absolute Gasteiger partial charge is 0.507 e. The Kier molecular flexibility index (Phi) is 8.72. The van der Waals surface area contributed by atoms with Crippen molar-refractivity contribution in [3.05, 3.63) is 127 Å². The standard InChI is InChI=1S/C37H38N3O4P/c1-4-39(5-2)28-22-23-32(36(41)26-28)37(45(42,43-29-15-9-7-10-16-29)44-30-17-11-8-12-18-30)38-27-21-24-35-33(25-27)31-19-13-14-20-34(31)40(35)6-3/h7-26,37-38,41H,4-6H2,1-3H3. The van der Waals surface area contributed by atoms with Gasteiger partial charge < -0.3 is 28.9 Å². The Morgan fingerprint density at radius 1 is 0.733 bits per heavy atom. The Morgan fingerprint density at radius 3 is 1.93 bits per heavy atom. The highest BCUT2D eigenvalue weighted by Gasteiger charge is 2.42. The SMILES string of the molecule is CCN(CC)c1ccc(C(Nc2ccc3c(c2)c2ccccc2n3CC)P(=O)(Oc2ccccc2)Oc2ccccc2)c(O)c1. The maximum Gasteiger partial charge on any atom is 0.457 e. The Hall–Kier alpha value is -4.87. The molecule has 1 aromatic heterocycles. The second kappa shape index (κ2) is 13.0. The van der Waals surface area contributed by atoms with Crippen LogP contribution < -0.4 is 19.3 Å². The van der Waals surface area contributed by atoms with Gasteiger partial charge in [0.05, 0.1) is 0 Å². The van der Waals surface area contributed by atoms with E-state index < -0.39 is 13.4 Å². The summed E-state index contributed by atoms with van der Waals surface area (Å²) >= 11 is 0. The van der Waals surface area contributed by atoms with Crippen molar-refractivity contribution in [2.45, 2.75) is 33.1 Å². The normalized spacial score (nSPS) is 12.2. The zero-order valence-corrected chi connectivity index (χ0v) is 26.7. The van der Waals surface area contributed by atoms with Gasteiger partial charge in [-0.2, -0.15) is 0 Å². The quantitative estimate of drug-likeness (QED) is 0.133. The van der Waals surface area contributed by atoms with E-state index in [1.54, 1.807) is 36.4 Å². The molecule has 0 fully saturated rings. The Morgan fingerprint density at radius 2 is 1.33 bits per heavy atom. The monoisotopic (exact) mass is 619 g/mol. The van der Waals surface area contributed by atoms with Crippen LogP contribution in [-0.2, 0) is 11.1 Å². The molecule has 8 heteroatoms. The Bertz CT molecular complexity index is 1910. The highest BCUT2D eigenvalue weighted by atomic mass is 31.2. The minimum atomic E-state index is -4.14. The number of aromatic nitrogens is 1. The third-order valence-corrected chi connectivity index (χ3v) is 10.1. The van der Waals surface area contributed by atoms with E-state index in [0.29, 0.717) is 22.7 Å². The minimum Gasteiger partial charge on any atom is -0.507 e. The maximum atomic E-state index is 15.2. The van der Waals surface area contributed by atoms with Gasteiger partial charge in [0.15, 0.2) is 5.78 Å². The molecule has 0 spiro atoms. The molecular weight excluding hydrogens is 581 g/mol. The molecule has 0 saturated heterocycles. The number of nitrogens with zero attached hydrogens (tertiary/aromatic N) is 2. The molecule has 0 bridgehead atoms. The van der Waals surface area contributed by atoms with E-state index in [-0.39, 0.29) is 5.75 Å². The van der Waals surface area contributed by atoms with E-state index in [1.807, 2.05) is 60.7 Å². The molecule has 0 aliphatic heterocycles. The summed E-state index contributed by atoms with van der Waals surface area (Å²) in [5.41, 5.74) is 4.25. The first kappa shape index (κ1) is 30.2. The summed E-state index contributed by atoms with van der Waals surface area (Å²) in [6.07, 6.45) is 0. The van der Waals surface area contributed by atoms with Crippen molar-refractivity contribution in [2.24, 2.45) is 0 Å². The molecule has 7 nitrogen and oxygen atoms in total. The van der Waals surface area contributed by atoms with Crippen molar-refractivity contribution in [3.63, 3.8) is 0 Å². The molecule has 1 heterocycles. The molecule has 5 aromatic carbocycles. The fraction of sp³-hybridized carbons (Fsp3) is 0.189. The summed E-state index contributed by atoms with van der Waals surface area (Å²) in [5.74, 6) is -0.289. The van der Waals surface area contributed by atoms with Crippen LogP contribution in [0.3, 0.4) is 0 Å². The van der Waals surface area contributed by atoms with Gasteiger partial charge in [-0.3, -0.25) is 0 Å². The van der Waals surface area contributed by atoms with Gasteiger partial charge in [0.1, 0.15) is 17.2 Å². The lowest BCUT2D eigenvalue weighted by atomic mass is 10.1. The highest BCUT2D eigenvalue weighted by molar-refractivity contribution is 7.55. The number of rotatable bonds is 12. The van der Waals surface area contributed by atoms with Crippen LogP contribution in [0.15, 0.2) is 121 Å². The number of fused-ring (bicyclic) bond motifs is 3. The van der Waals surface area contributed by atoms with Crippen molar-refractivity contribution in [2.75, 3.05) is 23.3 Å². The van der Waals surface area contributed by atoms with E-state index >= 15 is 4.57 Å². The van der Waals surface area contributed by atoms with Gasteiger partial charge in [-0.1, -0.05) is 60.7 Å². The van der Waals surface area contributed by atoms with Crippen LogP contribution in [0, 0.1) is 0 Å². The fourth-order valence-corrected chi connectivity index (χ4v) is 7.84. The number of nitrogens with one attached hydrogen (secondary N) is 1. The molecule has 230 valence electrons.